The molecular weight excluding hydrogens is 236 g/mol. The van der Waals surface area contributed by atoms with Gasteiger partial charge in [0.15, 0.2) is 0 Å². The lowest BCUT2D eigenvalue weighted by Crippen LogP contribution is -2.06. The zero-order valence-corrected chi connectivity index (χ0v) is 10.6. The van der Waals surface area contributed by atoms with Gasteiger partial charge < -0.3 is 19.4 Å². The highest BCUT2D eigenvalue weighted by atomic mass is 16.5. The first kappa shape index (κ1) is 14.0. The van der Waals surface area contributed by atoms with Crippen LogP contribution in [0.4, 0.5) is 0 Å². The summed E-state index contributed by atoms with van der Waals surface area (Å²) in [4.78, 5) is 21.7. The number of carboxylic acid groups (broad SMARTS) is 1. The summed E-state index contributed by atoms with van der Waals surface area (Å²) in [6.07, 6.45) is 1.11. The molecule has 18 heavy (non-hydrogen) atoms. The molecule has 5 heteroatoms. The Labute approximate surface area is 105 Å². The fourth-order valence-electron chi connectivity index (χ4n) is 1.75. The van der Waals surface area contributed by atoms with Crippen LogP contribution < -0.4 is 9.47 Å². The Hall–Kier alpha value is -2.04. The quantitative estimate of drug-likeness (QED) is 0.785. The number of hydrogen-bond donors (Lipinski definition) is 1. The molecule has 0 radical (unpaired) electrons. The van der Waals surface area contributed by atoms with Crippen LogP contribution in [-0.2, 0) is 4.79 Å². The predicted octanol–water partition coefficient (Wildman–Crippen LogP) is 2.09. The summed E-state index contributed by atoms with van der Waals surface area (Å²) in [5.41, 5.74) is 0.744. The topological polar surface area (TPSA) is 72.8 Å². The standard InChI is InChI=1S/C13H16O5/c1-8(4-5-14)9-6-10(13(15)16)12(18-3)7-11(9)17-2/h5-8H,4H2,1-3H3,(H,15,16). The number of carboxylic acids is 1. The fourth-order valence-corrected chi connectivity index (χ4v) is 1.75. The summed E-state index contributed by atoms with van der Waals surface area (Å²) in [5.74, 6) is -0.428. The van der Waals surface area contributed by atoms with Gasteiger partial charge in [-0.2, -0.15) is 0 Å². The minimum Gasteiger partial charge on any atom is -0.496 e. The van der Waals surface area contributed by atoms with Crippen molar-refractivity contribution >= 4 is 12.3 Å². The number of aromatic carboxylic acids is 1. The average Bonchev–Trinajstić information content (AvgIpc) is 2.37. The predicted molar refractivity (Wildman–Crippen MR) is 65.6 cm³/mol. The second-order valence-electron chi connectivity index (χ2n) is 3.90. The van der Waals surface area contributed by atoms with E-state index in [1.807, 2.05) is 6.92 Å². The Morgan fingerprint density at radius 2 is 1.94 bits per heavy atom. The van der Waals surface area contributed by atoms with Crippen molar-refractivity contribution in [2.45, 2.75) is 19.3 Å². The normalized spacial score (nSPS) is 11.7. The number of carbonyl (C=O) groups is 2. The molecule has 0 amide bonds. The van der Waals surface area contributed by atoms with Crippen molar-refractivity contribution in [3.63, 3.8) is 0 Å². The molecule has 98 valence electrons. The van der Waals surface area contributed by atoms with Gasteiger partial charge in [0, 0.05) is 12.5 Å². The van der Waals surface area contributed by atoms with Crippen LogP contribution in [0.3, 0.4) is 0 Å². The van der Waals surface area contributed by atoms with Crippen LogP contribution >= 0.6 is 0 Å². The van der Waals surface area contributed by atoms with E-state index in [9.17, 15) is 9.59 Å². The maximum absolute atomic E-state index is 11.1. The number of rotatable bonds is 6. The van der Waals surface area contributed by atoms with Gasteiger partial charge in [-0.05, 0) is 17.5 Å². The summed E-state index contributed by atoms with van der Waals surface area (Å²) in [7, 11) is 2.89. The first-order valence-corrected chi connectivity index (χ1v) is 5.48. The highest BCUT2D eigenvalue weighted by molar-refractivity contribution is 5.91. The first-order valence-electron chi connectivity index (χ1n) is 5.48. The monoisotopic (exact) mass is 252 g/mol. The third-order valence-electron chi connectivity index (χ3n) is 2.76. The smallest absolute Gasteiger partial charge is 0.339 e. The van der Waals surface area contributed by atoms with Crippen molar-refractivity contribution < 1.29 is 24.2 Å². The van der Waals surface area contributed by atoms with Crippen LogP contribution in [0.2, 0.25) is 0 Å². The van der Waals surface area contributed by atoms with Gasteiger partial charge in [0.2, 0.25) is 0 Å². The Morgan fingerprint density at radius 3 is 2.39 bits per heavy atom. The molecule has 0 bridgehead atoms. The molecule has 0 aliphatic heterocycles. The summed E-state index contributed by atoms with van der Waals surface area (Å²) < 4.78 is 10.2. The van der Waals surface area contributed by atoms with Crippen LogP contribution in [-0.4, -0.2) is 31.6 Å². The molecule has 0 saturated carbocycles. The van der Waals surface area contributed by atoms with Gasteiger partial charge in [-0.1, -0.05) is 6.92 Å². The first-order chi connectivity index (χ1) is 8.54. The lowest BCUT2D eigenvalue weighted by atomic mass is 9.95. The molecule has 1 atom stereocenters. The molecule has 1 N–H and O–H groups in total. The van der Waals surface area contributed by atoms with E-state index in [1.54, 1.807) is 0 Å². The lowest BCUT2D eigenvalue weighted by Gasteiger charge is -2.16. The van der Waals surface area contributed by atoms with E-state index in [1.165, 1.54) is 26.4 Å². The molecule has 0 aliphatic carbocycles. The number of hydrogen-bond acceptors (Lipinski definition) is 4. The van der Waals surface area contributed by atoms with Crippen molar-refractivity contribution in [3.8, 4) is 11.5 Å². The molecule has 1 unspecified atom stereocenters. The number of aldehydes is 1. The van der Waals surface area contributed by atoms with Crippen LogP contribution in [0.5, 0.6) is 11.5 Å². The van der Waals surface area contributed by atoms with Gasteiger partial charge in [0.1, 0.15) is 23.3 Å². The van der Waals surface area contributed by atoms with Gasteiger partial charge >= 0.3 is 5.97 Å². The molecule has 0 saturated heterocycles. The maximum Gasteiger partial charge on any atom is 0.339 e. The zero-order chi connectivity index (χ0) is 13.7. The molecule has 0 aliphatic rings. The second kappa shape index (κ2) is 6.05. The van der Waals surface area contributed by atoms with E-state index in [4.69, 9.17) is 14.6 Å². The van der Waals surface area contributed by atoms with Crippen molar-refractivity contribution in [2.75, 3.05) is 14.2 Å². The van der Waals surface area contributed by atoms with E-state index < -0.39 is 5.97 Å². The molecule has 0 heterocycles. The molecule has 0 aromatic heterocycles. The molecular formula is C13H16O5. The Bertz CT molecular complexity index is 453. The molecule has 1 aromatic rings. The van der Waals surface area contributed by atoms with Gasteiger partial charge in [-0.15, -0.1) is 0 Å². The van der Waals surface area contributed by atoms with Crippen LogP contribution in [0.15, 0.2) is 12.1 Å². The van der Waals surface area contributed by atoms with E-state index in [-0.39, 0.29) is 17.2 Å². The van der Waals surface area contributed by atoms with Crippen LogP contribution in [0.25, 0.3) is 0 Å². The van der Waals surface area contributed by atoms with Crippen LogP contribution in [0.1, 0.15) is 35.2 Å². The average molecular weight is 252 g/mol. The number of ether oxygens (including phenoxy) is 2. The molecule has 0 spiro atoms. The maximum atomic E-state index is 11.1. The Balaban J connectivity index is 3.35. The van der Waals surface area contributed by atoms with Gasteiger partial charge in [0.05, 0.1) is 14.2 Å². The van der Waals surface area contributed by atoms with E-state index in [2.05, 4.69) is 0 Å². The summed E-state index contributed by atoms with van der Waals surface area (Å²) in [6, 6.07) is 3.02. The molecule has 5 nitrogen and oxygen atoms in total. The van der Waals surface area contributed by atoms with Crippen molar-refractivity contribution in [1.29, 1.82) is 0 Å². The van der Waals surface area contributed by atoms with E-state index in [0.29, 0.717) is 17.7 Å². The Morgan fingerprint density at radius 1 is 1.33 bits per heavy atom. The largest absolute Gasteiger partial charge is 0.496 e. The molecule has 1 rings (SSSR count). The molecule has 0 fully saturated rings. The summed E-state index contributed by atoms with van der Waals surface area (Å²) >= 11 is 0. The number of benzene rings is 1. The van der Waals surface area contributed by atoms with Gasteiger partial charge in [0.25, 0.3) is 0 Å². The van der Waals surface area contributed by atoms with E-state index in [0.717, 1.165) is 6.29 Å². The highest BCUT2D eigenvalue weighted by Crippen LogP contribution is 2.34. The minimum atomic E-state index is -1.07. The number of carbonyl (C=O) groups excluding carboxylic acids is 1. The number of methoxy groups -OCH3 is 2. The highest BCUT2D eigenvalue weighted by Gasteiger charge is 2.19. The van der Waals surface area contributed by atoms with Gasteiger partial charge in [-0.3, -0.25) is 0 Å². The van der Waals surface area contributed by atoms with Crippen molar-refractivity contribution in [3.05, 3.63) is 23.3 Å². The molecule has 1 aromatic carbocycles. The van der Waals surface area contributed by atoms with Crippen LogP contribution in [0, 0.1) is 0 Å². The van der Waals surface area contributed by atoms with Gasteiger partial charge in [-0.25, -0.2) is 4.79 Å². The van der Waals surface area contributed by atoms with Crippen molar-refractivity contribution in [1.82, 2.24) is 0 Å². The lowest BCUT2D eigenvalue weighted by molar-refractivity contribution is -0.108. The third-order valence-corrected chi connectivity index (χ3v) is 2.76. The van der Waals surface area contributed by atoms with Crippen molar-refractivity contribution in [2.24, 2.45) is 0 Å². The summed E-state index contributed by atoms with van der Waals surface area (Å²) in [5, 5.41) is 9.11. The second-order valence-corrected chi connectivity index (χ2v) is 3.90. The SMILES string of the molecule is COc1cc(OC)c(C(C)CC=O)cc1C(=O)O. The minimum absolute atomic E-state index is 0.0612. The zero-order valence-electron chi connectivity index (χ0n) is 10.6. The van der Waals surface area contributed by atoms with E-state index >= 15 is 0 Å². The fraction of sp³-hybridized carbons (Fsp3) is 0.385. The third kappa shape index (κ3) is 2.80. The Kier molecular flexibility index (Phi) is 4.71. The summed E-state index contributed by atoms with van der Waals surface area (Å²) in [6.45, 7) is 1.84.